The SMILES string of the molecule is NC(=O)c1cccc(F)c1NC(=O)CCC(=O)O.O=C(O)CCc1nc2c(F)cccc2c(=O)[nH]1. The van der Waals surface area contributed by atoms with Crippen molar-refractivity contribution < 1.29 is 38.2 Å². The lowest BCUT2D eigenvalue weighted by molar-refractivity contribution is -0.138. The highest BCUT2D eigenvalue weighted by molar-refractivity contribution is 6.03. The van der Waals surface area contributed by atoms with Gasteiger partial charge in [0.15, 0.2) is 0 Å². The monoisotopic (exact) mass is 490 g/mol. The van der Waals surface area contributed by atoms with Crippen molar-refractivity contribution in [2.24, 2.45) is 5.73 Å². The molecular formula is C22H20F2N4O7. The maximum Gasteiger partial charge on any atom is 0.303 e. The van der Waals surface area contributed by atoms with E-state index in [0.717, 1.165) is 6.07 Å². The van der Waals surface area contributed by atoms with E-state index in [2.05, 4.69) is 15.3 Å². The first-order valence-corrected chi connectivity index (χ1v) is 9.98. The van der Waals surface area contributed by atoms with Gasteiger partial charge in [-0.25, -0.2) is 13.8 Å². The number of nitrogens with two attached hydrogens (primary N) is 1. The van der Waals surface area contributed by atoms with Gasteiger partial charge in [-0.15, -0.1) is 0 Å². The fourth-order valence-corrected chi connectivity index (χ4v) is 2.80. The zero-order valence-corrected chi connectivity index (χ0v) is 18.0. The summed E-state index contributed by atoms with van der Waals surface area (Å²) in [5.41, 5.74) is 4.04. The molecule has 184 valence electrons. The molecule has 6 N–H and O–H groups in total. The van der Waals surface area contributed by atoms with Crippen molar-refractivity contribution in [1.82, 2.24) is 9.97 Å². The standard InChI is InChI=1S/C11H11FN2O4.C11H9FN2O3/c12-7-3-1-2-6(11(13)18)10(7)14-8(15)4-5-9(16)17;12-7-3-1-2-6-10(7)13-8(14-11(6)17)4-5-9(15)16/h1-3H,4-5H2,(H2,13,18)(H,14,15)(H,16,17);1-3H,4-5H2,(H,15,16)(H,13,14,17). The number of aromatic amines is 1. The highest BCUT2D eigenvalue weighted by atomic mass is 19.1. The minimum Gasteiger partial charge on any atom is -0.481 e. The van der Waals surface area contributed by atoms with Crippen molar-refractivity contribution in [3.8, 4) is 0 Å². The number of rotatable bonds is 8. The summed E-state index contributed by atoms with van der Waals surface area (Å²) in [6.45, 7) is 0. The highest BCUT2D eigenvalue weighted by Gasteiger charge is 2.15. The Balaban J connectivity index is 0.000000247. The van der Waals surface area contributed by atoms with Crippen LogP contribution in [0.1, 0.15) is 35.4 Å². The Labute approximate surface area is 195 Å². The van der Waals surface area contributed by atoms with Crippen LogP contribution < -0.4 is 16.6 Å². The lowest BCUT2D eigenvalue weighted by Crippen LogP contribution is -2.19. The lowest BCUT2D eigenvalue weighted by Gasteiger charge is -2.09. The minimum atomic E-state index is -1.14. The third kappa shape index (κ3) is 7.70. The molecule has 0 spiro atoms. The molecular weight excluding hydrogens is 470 g/mol. The summed E-state index contributed by atoms with van der Waals surface area (Å²) in [7, 11) is 0. The second kappa shape index (κ2) is 12.0. The maximum absolute atomic E-state index is 13.4. The third-order valence-electron chi connectivity index (χ3n) is 4.42. The van der Waals surface area contributed by atoms with Crippen LogP contribution in [0, 0.1) is 11.6 Å². The highest BCUT2D eigenvalue weighted by Crippen LogP contribution is 2.19. The van der Waals surface area contributed by atoms with Gasteiger partial charge < -0.3 is 26.2 Å². The van der Waals surface area contributed by atoms with Crippen LogP contribution in [-0.4, -0.2) is 43.9 Å². The molecule has 0 aliphatic heterocycles. The van der Waals surface area contributed by atoms with Gasteiger partial charge >= 0.3 is 11.9 Å². The van der Waals surface area contributed by atoms with Crippen LogP contribution in [0.2, 0.25) is 0 Å². The van der Waals surface area contributed by atoms with Crippen molar-refractivity contribution >= 4 is 40.3 Å². The zero-order chi connectivity index (χ0) is 26.1. The number of fused-ring (bicyclic) bond motifs is 1. The molecule has 0 radical (unpaired) electrons. The van der Waals surface area contributed by atoms with Gasteiger partial charge in [0.2, 0.25) is 5.91 Å². The predicted molar refractivity (Wildman–Crippen MR) is 119 cm³/mol. The first-order chi connectivity index (χ1) is 16.5. The largest absolute Gasteiger partial charge is 0.481 e. The number of aromatic nitrogens is 2. The molecule has 0 fully saturated rings. The molecule has 13 heteroatoms. The van der Waals surface area contributed by atoms with E-state index in [0.29, 0.717) is 0 Å². The van der Waals surface area contributed by atoms with Gasteiger partial charge in [0.05, 0.1) is 29.5 Å². The Kier molecular flexibility index (Phi) is 9.09. The van der Waals surface area contributed by atoms with E-state index >= 15 is 0 Å². The van der Waals surface area contributed by atoms with Gasteiger partial charge in [-0.3, -0.25) is 24.0 Å². The zero-order valence-electron chi connectivity index (χ0n) is 18.0. The number of H-pyrrole nitrogens is 1. The van der Waals surface area contributed by atoms with E-state index in [4.69, 9.17) is 15.9 Å². The number of halogens is 2. The average molecular weight is 490 g/mol. The van der Waals surface area contributed by atoms with Crippen molar-refractivity contribution in [2.45, 2.75) is 25.7 Å². The summed E-state index contributed by atoms with van der Waals surface area (Å²) in [5.74, 6) is -4.96. The van der Waals surface area contributed by atoms with E-state index in [1.807, 2.05) is 0 Å². The number of nitrogens with zero attached hydrogens (tertiary/aromatic N) is 1. The number of amides is 2. The quantitative estimate of drug-likeness (QED) is 0.315. The fourth-order valence-electron chi connectivity index (χ4n) is 2.80. The van der Waals surface area contributed by atoms with Gasteiger partial charge in [-0.1, -0.05) is 12.1 Å². The van der Waals surface area contributed by atoms with Crippen LogP contribution in [0.5, 0.6) is 0 Å². The Morgan fingerprint density at radius 3 is 2.20 bits per heavy atom. The van der Waals surface area contributed by atoms with Crippen LogP contribution in [0.4, 0.5) is 14.5 Å². The Bertz CT molecular complexity index is 1340. The number of carbonyl (C=O) groups is 4. The summed E-state index contributed by atoms with van der Waals surface area (Å²) in [4.78, 5) is 61.0. The topological polar surface area (TPSA) is 193 Å². The number of benzene rings is 2. The molecule has 0 bridgehead atoms. The minimum absolute atomic E-state index is 0.0309. The normalized spacial score (nSPS) is 10.2. The lowest BCUT2D eigenvalue weighted by atomic mass is 10.1. The van der Waals surface area contributed by atoms with Crippen LogP contribution in [0.15, 0.2) is 41.2 Å². The van der Waals surface area contributed by atoms with Crippen molar-refractivity contribution in [3.63, 3.8) is 0 Å². The summed E-state index contributed by atoms with van der Waals surface area (Å²) < 4.78 is 26.8. The van der Waals surface area contributed by atoms with Gasteiger partial charge in [-0.05, 0) is 24.3 Å². The molecule has 2 amide bonds. The Morgan fingerprint density at radius 1 is 0.943 bits per heavy atom. The molecule has 0 saturated carbocycles. The van der Waals surface area contributed by atoms with Crippen molar-refractivity contribution in [1.29, 1.82) is 0 Å². The summed E-state index contributed by atoms with van der Waals surface area (Å²) >= 11 is 0. The van der Waals surface area contributed by atoms with Gasteiger partial charge in [-0.2, -0.15) is 0 Å². The number of carboxylic acids is 2. The van der Waals surface area contributed by atoms with E-state index in [1.54, 1.807) is 0 Å². The summed E-state index contributed by atoms with van der Waals surface area (Å²) in [5, 5.41) is 19.2. The molecule has 0 aliphatic rings. The van der Waals surface area contributed by atoms with Gasteiger partial charge in [0.1, 0.15) is 23.0 Å². The number of aliphatic carboxylic acids is 2. The molecule has 1 aromatic heterocycles. The fraction of sp³-hybridized carbons (Fsp3) is 0.182. The number of para-hydroxylation sites is 2. The van der Waals surface area contributed by atoms with Gasteiger partial charge in [0, 0.05) is 12.8 Å². The molecule has 3 aromatic rings. The van der Waals surface area contributed by atoms with E-state index < -0.39 is 40.9 Å². The second-order valence-corrected chi connectivity index (χ2v) is 7.01. The Morgan fingerprint density at radius 2 is 1.57 bits per heavy atom. The summed E-state index contributed by atoms with van der Waals surface area (Å²) in [6, 6.07) is 7.69. The predicted octanol–water partition coefficient (Wildman–Crippen LogP) is 1.81. The third-order valence-corrected chi connectivity index (χ3v) is 4.42. The molecule has 11 nitrogen and oxygen atoms in total. The number of carboxylic acid groups (broad SMARTS) is 2. The van der Waals surface area contributed by atoms with Crippen molar-refractivity contribution in [3.05, 3.63) is 69.8 Å². The number of hydrogen-bond donors (Lipinski definition) is 5. The molecule has 0 atom stereocenters. The average Bonchev–Trinajstić information content (AvgIpc) is 2.78. The van der Waals surface area contributed by atoms with Gasteiger partial charge in [0.25, 0.3) is 11.5 Å². The number of nitrogens with one attached hydrogen (secondary N) is 2. The Hall–Kier alpha value is -4.68. The number of anilines is 1. The van der Waals surface area contributed by atoms with Crippen LogP contribution in [0.3, 0.4) is 0 Å². The molecule has 0 unspecified atom stereocenters. The molecule has 0 aliphatic carbocycles. The van der Waals surface area contributed by atoms with Crippen LogP contribution in [-0.2, 0) is 20.8 Å². The summed E-state index contributed by atoms with van der Waals surface area (Å²) in [6.07, 6.45) is -0.800. The molecule has 2 aromatic carbocycles. The molecule has 3 rings (SSSR count). The first-order valence-electron chi connectivity index (χ1n) is 9.98. The first kappa shape index (κ1) is 26.6. The molecule has 35 heavy (non-hydrogen) atoms. The van der Waals surface area contributed by atoms with E-state index in [1.165, 1.54) is 30.3 Å². The number of aryl methyl sites for hydroxylation is 1. The number of primary amides is 1. The van der Waals surface area contributed by atoms with Crippen LogP contribution in [0.25, 0.3) is 10.9 Å². The van der Waals surface area contributed by atoms with E-state index in [9.17, 15) is 32.8 Å². The smallest absolute Gasteiger partial charge is 0.303 e. The maximum atomic E-state index is 13.4. The number of hydrogen-bond acceptors (Lipinski definition) is 6. The van der Waals surface area contributed by atoms with Crippen molar-refractivity contribution in [2.75, 3.05) is 5.32 Å². The van der Waals surface area contributed by atoms with Crippen LogP contribution >= 0.6 is 0 Å². The number of carbonyl (C=O) groups excluding carboxylic acids is 2. The second-order valence-electron chi connectivity index (χ2n) is 7.01. The molecule has 1 heterocycles. The van der Waals surface area contributed by atoms with E-state index in [-0.39, 0.29) is 53.7 Å². The molecule has 0 saturated heterocycles.